The largest absolute Gasteiger partial charge is 0.396 e. The van der Waals surface area contributed by atoms with E-state index in [2.05, 4.69) is 0 Å². The summed E-state index contributed by atoms with van der Waals surface area (Å²) < 4.78 is 25.4. The summed E-state index contributed by atoms with van der Waals surface area (Å²) in [6, 6.07) is 0. The van der Waals surface area contributed by atoms with Crippen LogP contribution in [0.4, 0.5) is 0 Å². The summed E-state index contributed by atoms with van der Waals surface area (Å²) in [6.07, 6.45) is 2.95. The van der Waals surface area contributed by atoms with Gasteiger partial charge in [0.1, 0.15) is 0 Å². The number of sulfonamides is 1. The molecule has 1 aliphatic heterocycles. The van der Waals surface area contributed by atoms with Gasteiger partial charge in [-0.05, 0) is 32.6 Å². The monoisotopic (exact) mass is 235 g/mol. The van der Waals surface area contributed by atoms with Crippen molar-refractivity contribution < 1.29 is 13.5 Å². The minimum atomic E-state index is -3.09. The molecule has 0 bridgehead atoms. The molecule has 4 nitrogen and oxygen atoms in total. The number of nitrogens with zero attached hydrogens (tertiary/aromatic N) is 1. The Morgan fingerprint density at radius 2 is 2.07 bits per heavy atom. The highest BCUT2D eigenvalue weighted by Gasteiger charge is 2.39. The van der Waals surface area contributed by atoms with Gasteiger partial charge in [-0.3, -0.25) is 0 Å². The Hall–Kier alpha value is -0.130. The van der Waals surface area contributed by atoms with E-state index in [0.29, 0.717) is 13.0 Å². The molecule has 5 heteroatoms. The summed E-state index contributed by atoms with van der Waals surface area (Å²) in [5.74, 6) is 0.258. The van der Waals surface area contributed by atoms with Crippen LogP contribution in [0.2, 0.25) is 0 Å². The van der Waals surface area contributed by atoms with Gasteiger partial charge in [0, 0.05) is 18.7 Å². The second-order valence-electron chi connectivity index (χ2n) is 4.42. The van der Waals surface area contributed by atoms with E-state index in [1.54, 1.807) is 4.31 Å². The summed E-state index contributed by atoms with van der Waals surface area (Å²) in [4.78, 5) is 0. The van der Waals surface area contributed by atoms with Crippen LogP contribution in [0.15, 0.2) is 0 Å². The number of hydrogen-bond donors (Lipinski definition) is 1. The van der Waals surface area contributed by atoms with E-state index in [1.807, 2.05) is 13.8 Å². The van der Waals surface area contributed by atoms with Crippen LogP contribution in [0.1, 0.15) is 39.5 Å². The fourth-order valence-corrected chi connectivity index (χ4v) is 4.20. The summed E-state index contributed by atoms with van der Waals surface area (Å²) in [5.41, 5.74) is -0.409. The molecule has 1 rings (SSSR count). The lowest BCUT2D eigenvalue weighted by Crippen LogP contribution is -2.52. The Kier molecular flexibility index (Phi) is 4.14. The predicted molar refractivity (Wildman–Crippen MR) is 60.1 cm³/mol. The molecule has 90 valence electrons. The first-order valence-corrected chi connectivity index (χ1v) is 7.18. The molecule has 0 aliphatic carbocycles. The highest BCUT2D eigenvalue weighted by Crippen LogP contribution is 2.29. The van der Waals surface area contributed by atoms with Crippen LogP contribution in [0.25, 0.3) is 0 Å². The standard InChI is InChI=1S/C10H21NO3S/c1-3-10(2,6-8-12)11-7-4-5-9-15(11,13)14/h12H,3-9H2,1-2H3. The van der Waals surface area contributed by atoms with E-state index in [0.717, 1.165) is 19.3 Å². The Morgan fingerprint density at radius 1 is 1.40 bits per heavy atom. The third kappa shape index (κ3) is 2.71. The molecule has 0 aromatic rings. The van der Waals surface area contributed by atoms with Crippen molar-refractivity contribution in [1.29, 1.82) is 0 Å². The van der Waals surface area contributed by atoms with E-state index < -0.39 is 15.6 Å². The van der Waals surface area contributed by atoms with E-state index in [4.69, 9.17) is 5.11 Å². The van der Waals surface area contributed by atoms with Crippen molar-refractivity contribution in [2.45, 2.75) is 45.1 Å². The highest BCUT2D eigenvalue weighted by molar-refractivity contribution is 7.89. The highest BCUT2D eigenvalue weighted by atomic mass is 32.2. The van der Waals surface area contributed by atoms with Crippen LogP contribution in [0.5, 0.6) is 0 Å². The molecular weight excluding hydrogens is 214 g/mol. The Bertz CT molecular complexity index is 302. The maximum absolute atomic E-state index is 11.9. The van der Waals surface area contributed by atoms with Gasteiger partial charge in [-0.15, -0.1) is 0 Å². The van der Waals surface area contributed by atoms with Crippen LogP contribution in [-0.2, 0) is 10.0 Å². The number of hydrogen-bond acceptors (Lipinski definition) is 3. The lowest BCUT2D eigenvalue weighted by molar-refractivity contribution is 0.139. The van der Waals surface area contributed by atoms with Crippen LogP contribution >= 0.6 is 0 Å². The van der Waals surface area contributed by atoms with E-state index in [1.165, 1.54) is 0 Å². The maximum Gasteiger partial charge on any atom is 0.214 e. The molecule has 1 saturated heterocycles. The molecule has 0 aromatic carbocycles. The molecule has 1 atom stereocenters. The van der Waals surface area contributed by atoms with Crippen LogP contribution in [0.3, 0.4) is 0 Å². The second kappa shape index (κ2) is 4.80. The molecule has 0 radical (unpaired) electrons. The molecule has 0 aromatic heterocycles. The lowest BCUT2D eigenvalue weighted by Gasteiger charge is -2.41. The van der Waals surface area contributed by atoms with Crippen molar-refractivity contribution >= 4 is 10.0 Å². The topological polar surface area (TPSA) is 57.6 Å². The molecule has 1 heterocycles. The number of aliphatic hydroxyl groups is 1. The van der Waals surface area contributed by atoms with Gasteiger partial charge in [0.15, 0.2) is 0 Å². The predicted octanol–water partition coefficient (Wildman–Crippen LogP) is 0.963. The van der Waals surface area contributed by atoms with Gasteiger partial charge in [0.05, 0.1) is 5.75 Å². The van der Waals surface area contributed by atoms with Gasteiger partial charge >= 0.3 is 0 Å². The third-order valence-corrected chi connectivity index (χ3v) is 5.46. The number of aliphatic hydroxyl groups excluding tert-OH is 1. The van der Waals surface area contributed by atoms with Crippen molar-refractivity contribution in [1.82, 2.24) is 4.31 Å². The Balaban J connectivity index is 2.91. The fraction of sp³-hybridized carbons (Fsp3) is 1.00. The molecule has 0 spiro atoms. The van der Waals surface area contributed by atoms with Crippen molar-refractivity contribution in [2.24, 2.45) is 0 Å². The normalized spacial score (nSPS) is 26.1. The molecule has 0 amide bonds. The first-order chi connectivity index (χ1) is 6.96. The second-order valence-corrected chi connectivity index (χ2v) is 6.43. The van der Waals surface area contributed by atoms with Crippen molar-refractivity contribution in [3.63, 3.8) is 0 Å². The van der Waals surface area contributed by atoms with Gasteiger partial charge in [-0.1, -0.05) is 6.92 Å². The molecule has 1 unspecified atom stereocenters. The molecule has 0 saturated carbocycles. The van der Waals surface area contributed by atoms with Gasteiger partial charge in [-0.2, -0.15) is 4.31 Å². The van der Waals surface area contributed by atoms with E-state index >= 15 is 0 Å². The summed E-state index contributed by atoms with van der Waals surface area (Å²) in [7, 11) is -3.09. The molecule has 1 aliphatic rings. The van der Waals surface area contributed by atoms with Gasteiger partial charge < -0.3 is 5.11 Å². The first kappa shape index (κ1) is 12.9. The Labute approximate surface area is 92.3 Å². The maximum atomic E-state index is 11.9. The molecule has 15 heavy (non-hydrogen) atoms. The zero-order valence-electron chi connectivity index (χ0n) is 9.57. The van der Waals surface area contributed by atoms with Gasteiger partial charge in [0.2, 0.25) is 10.0 Å². The van der Waals surface area contributed by atoms with Crippen LogP contribution < -0.4 is 0 Å². The van der Waals surface area contributed by atoms with E-state index in [-0.39, 0.29) is 12.4 Å². The van der Waals surface area contributed by atoms with E-state index in [9.17, 15) is 8.42 Å². The minimum Gasteiger partial charge on any atom is -0.396 e. The quantitative estimate of drug-likeness (QED) is 0.789. The average Bonchev–Trinajstić information content (AvgIpc) is 2.17. The third-order valence-electron chi connectivity index (χ3n) is 3.36. The minimum absolute atomic E-state index is 0.0381. The molecule has 1 N–H and O–H groups in total. The van der Waals surface area contributed by atoms with Gasteiger partial charge in [-0.25, -0.2) is 8.42 Å². The lowest BCUT2D eigenvalue weighted by atomic mass is 9.94. The average molecular weight is 235 g/mol. The zero-order valence-corrected chi connectivity index (χ0v) is 10.4. The Morgan fingerprint density at radius 3 is 2.53 bits per heavy atom. The van der Waals surface area contributed by atoms with Gasteiger partial charge in [0.25, 0.3) is 0 Å². The SMILES string of the molecule is CCC(C)(CCO)N1CCCCS1(=O)=O. The first-order valence-electron chi connectivity index (χ1n) is 5.57. The fourth-order valence-electron chi connectivity index (χ4n) is 2.11. The zero-order chi connectivity index (χ0) is 11.5. The van der Waals surface area contributed by atoms with Crippen molar-refractivity contribution in [2.75, 3.05) is 18.9 Å². The molecule has 1 fully saturated rings. The summed E-state index contributed by atoms with van der Waals surface area (Å²) >= 11 is 0. The van der Waals surface area contributed by atoms with Crippen LogP contribution in [0, 0.1) is 0 Å². The summed E-state index contributed by atoms with van der Waals surface area (Å²) in [6.45, 7) is 4.54. The number of rotatable bonds is 4. The smallest absolute Gasteiger partial charge is 0.214 e. The van der Waals surface area contributed by atoms with Crippen molar-refractivity contribution in [3.05, 3.63) is 0 Å². The molecular formula is C10H21NO3S. The van der Waals surface area contributed by atoms with Crippen LogP contribution in [-0.4, -0.2) is 42.3 Å². The van der Waals surface area contributed by atoms with Crippen molar-refractivity contribution in [3.8, 4) is 0 Å². The summed E-state index contributed by atoms with van der Waals surface area (Å²) in [5, 5.41) is 9.01.